The van der Waals surface area contributed by atoms with E-state index in [1.807, 2.05) is 72.1 Å². The van der Waals surface area contributed by atoms with Crippen molar-refractivity contribution in [2.45, 2.75) is 4.58 Å². The van der Waals surface area contributed by atoms with Gasteiger partial charge in [-0.1, -0.05) is 59.9 Å². The number of carbonyl (C=O) groups excluding carboxylic acids is 1. The highest BCUT2D eigenvalue weighted by Crippen LogP contribution is 2.48. The minimum Gasteiger partial charge on any atom is -0.483 e. The fraction of sp³-hybridized carbons (Fsp3) is 0.211. The van der Waals surface area contributed by atoms with Crippen LogP contribution in [0.4, 0.5) is 5.13 Å². The highest BCUT2D eigenvalue weighted by atomic mass is 32.2. The zero-order valence-corrected chi connectivity index (χ0v) is 16.8. The first kappa shape index (κ1) is 18.3. The highest BCUT2D eigenvalue weighted by molar-refractivity contribution is 8.19. The van der Waals surface area contributed by atoms with Crippen LogP contribution in [0.5, 0.6) is 5.75 Å². The van der Waals surface area contributed by atoms with Crippen molar-refractivity contribution in [2.75, 3.05) is 23.4 Å². The third-order valence-electron chi connectivity index (χ3n) is 3.85. The van der Waals surface area contributed by atoms with Crippen LogP contribution < -0.4 is 10.1 Å². The first-order valence-electron chi connectivity index (χ1n) is 8.43. The summed E-state index contributed by atoms with van der Waals surface area (Å²) in [6, 6.07) is 17.7. The minimum absolute atomic E-state index is 0.0562. The molecule has 2 heterocycles. The summed E-state index contributed by atoms with van der Waals surface area (Å²) in [5, 5.41) is 12.2. The molecule has 1 amide bonds. The lowest BCUT2D eigenvalue weighted by Crippen LogP contribution is -2.20. The zero-order valence-electron chi connectivity index (χ0n) is 14.3. The number of hydrogen-bond donors (Lipinski definition) is 1. The molecule has 5 nitrogen and oxygen atoms in total. The van der Waals surface area contributed by atoms with Crippen LogP contribution >= 0.6 is 34.9 Å². The Bertz CT molecular complexity index is 911. The fourth-order valence-electron chi connectivity index (χ4n) is 2.61. The number of hydrogen-bond acceptors (Lipinski definition) is 7. The second-order valence-electron chi connectivity index (χ2n) is 5.73. The Morgan fingerprint density at radius 2 is 1.78 bits per heavy atom. The Labute approximate surface area is 169 Å². The van der Waals surface area contributed by atoms with Gasteiger partial charge in [0.25, 0.3) is 5.91 Å². The Morgan fingerprint density at radius 1 is 1.04 bits per heavy atom. The monoisotopic (exact) mass is 415 g/mol. The minimum atomic E-state index is -0.243. The summed E-state index contributed by atoms with van der Waals surface area (Å²) in [5.74, 6) is 2.81. The van der Waals surface area contributed by atoms with Crippen LogP contribution in [0.15, 0.2) is 54.6 Å². The van der Waals surface area contributed by atoms with Crippen molar-refractivity contribution in [3.05, 3.63) is 60.2 Å². The molecule has 1 fully saturated rings. The van der Waals surface area contributed by atoms with Gasteiger partial charge in [-0.15, -0.1) is 33.7 Å². The molecule has 0 unspecified atom stereocenters. The number of nitrogens with one attached hydrogen (secondary N) is 1. The second-order valence-corrected chi connectivity index (χ2v) is 9.43. The highest BCUT2D eigenvalue weighted by Gasteiger charge is 2.22. The number of carbonyl (C=O) groups is 1. The summed E-state index contributed by atoms with van der Waals surface area (Å²) in [4.78, 5) is 12.3. The van der Waals surface area contributed by atoms with E-state index in [1.165, 1.54) is 11.3 Å². The van der Waals surface area contributed by atoms with E-state index in [4.69, 9.17) is 4.74 Å². The molecule has 4 rings (SSSR count). The molecule has 2 aromatic carbocycles. The maximum absolute atomic E-state index is 12.3. The fourth-order valence-corrected chi connectivity index (χ4v) is 6.29. The number of amides is 1. The number of thioether (sulfide) groups is 2. The summed E-state index contributed by atoms with van der Waals surface area (Å²) < 4.78 is 6.17. The van der Waals surface area contributed by atoms with Crippen LogP contribution in [0.25, 0.3) is 10.6 Å². The van der Waals surface area contributed by atoms with Gasteiger partial charge in [0.2, 0.25) is 5.13 Å². The van der Waals surface area contributed by atoms with E-state index in [0.717, 1.165) is 33.4 Å². The molecule has 0 spiro atoms. The molecule has 0 saturated carbocycles. The van der Waals surface area contributed by atoms with Crippen molar-refractivity contribution in [3.63, 3.8) is 0 Å². The van der Waals surface area contributed by atoms with Crippen LogP contribution in [0, 0.1) is 0 Å². The molecule has 3 aromatic rings. The van der Waals surface area contributed by atoms with Gasteiger partial charge in [0.15, 0.2) is 6.61 Å². The molecule has 0 aliphatic carbocycles. The van der Waals surface area contributed by atoms with E-state index < -0.39 is 0 Å². The van der Waals surface area contributed by atoms with Gasteiger partial charge in [-0.05, 0) is 6.07 Å². The Balaban J connectivity index is 1.36. The van der Waals surface area contributed by atoms with Gasteiger partial charge in [-0.2, -0.15) is 0 Å². The lowest BCUT2D eigenvalue weighted by Gasteiger charge is -2.14. The van der Waals surface area contributed by atoms with Gasteiger partial charge in [0.05, 0.1) is 4.58 Å². The van der Waals surface area contributed by atoms with Gasteiger partial charge in [0, 0.05) is 22.6 Å². The molecular formula is C19H17N3O2S3. The number of benzene rings is 2. The molecule has 27 heavy (non-hydrogen) atoms. The average molecular weight is 416 g/mol. The predicted molar refractivity (Wildman–Crippen MR) is 114 cm³/mol. The van der Waals surface area contributed by atoms with E-state index in [9.17, 15) is 4.79 Å². The molecule has 8 heteroatoms. The van der Waals surface area contributed by atoms with E-state index in [2.05, 4.69) is 21.6 Å². The molecule has 1 aliphatic rings. The molecule has 1 N–H and O–H groups in total. The molecular weight excluding hydrogens is 398 g/mol. The molecule has 138 valence electrons. The normalized spacial score (nSPS) is 14.2. The first-order chi connectivity index (χ1) is 13.3. The van der Waals surface area contributed by atoms with Gasteiger partial charge in [0.1, 0.15) is 10.8 Å². The van der Waals surface area contributed by atoms with E-state index in [-0.39, 0.29) is 12.5 Å². The van der Waals surface area contributed by atoms with Crippen LogP contribution in [0.3, 0.4) is 0 Å². The number of aromatic nitrogens is 2. The number of para-hydroxylation sites is 1. The average Bonchev–Trinajstić information content (AvgIpc) is 3.40. The maximum atomic E-state index is 12.3. The largest absolute Gasteiger partial charge is 0.483 e. The number of anilines is 1. The number of rotatable bonds is 6. The molecule has 1 aromatic heterocycles. The summed E-state index contributed by atoms with van der Waals surface area (Å²) in [6.07, 6.45) is 0. The molecule has 1 saturated heterocycles. The van der Waals surface area contributed by atoms with Crippen molar-refractivity contribution in [2.24, 2.45) is 0 Å². The van der Waals surface area contributed by atoms with Crippen molar-refractivity contribution in [1.82, 2.24) is 10.2 Å². The predicted octanol–water partition coefficient (Wildman–Crippen LogP) is 4.70. The number of ether oxygens (including phenoxy) is 1. The Hall–Kier alpha value is -2.03. The van der Waals surface area contributed by atoms with Crippen molar-refractivity contribution < 1.29 is 9.53 Å². The van der Waals surface area contributed by atoms with Crippen molar-refractivity contribution in [1.29, 1.82) is 0 Å². The van der Waals surface area contributed by atoms with Gasteiger partial charge in [-0.3, -0.25) is 10.1 Å². The first-order valence-corrected chi connectivity index (χ1v) is 11.3. The quantitative estimate of drug-likeness (QED) is 0.629. The summed E-state index contributed by atoms with van der Waals surface area (Å²) in [7, 11) is 0. The molecule has 0 radical (unpaired) electrons. The topological polar surface area (TPSA) is 64.1 Å². The number of nitrogens with zero attached hydrogens (tertiary/aromatic N) is 2. The van der Waals surface area contributed by atoms with Crippen LogP contribution in [-0.4, -0.2) is 34.2 Å². The third-order valence-corrected chi connectivity index (χ3v) is 7.80. The van der Waals surface area contributed by atoms with Crippen LogP contribution in [-0.2, 0) is 4.79 Å². The maximum Gasteiger partial charge on any atom is 0.264 e. The summed E-state index contributed by atoms with van der Waals surface area (Å²) >= 11 is 5.17. The Kier molecular flexibility index (Phi) is 5.96. The van der Waals surface area contributed by atoms with Gasteiger partial charge in [-0.25, -0.2) is 0 Å². The zero-order chi connectivity index (χ0) is 18.5. The van der Waals surface area contributed by atoms with Crippen LogP contribution in [0.2, 0.25) is 0 Å². The van der Waals surface area contributed by atoms with Gasteiger partial charge >= 0.3 is 0 Å². The van der Waals surface area contributed by atoms with E-state index in [1.54, 1.807) is 0 Å². The molecule has 0 bridgehead atoms. The lowest BCUT2D eigenvalue weighted by atomic mass is 10.2. The van der Waals surface area contributed by atoms with Crippen molar-refractivity contribution >= 4 is 45.9 Å². The van der Waals surface area contributed by atoms with Crippen LogP contribution in [0.1, 0.15) is 10.1 Å². The summed E-state index contributed by atoms with van der Waals surface area (Å²) in [5.41, 5.74) is 2.12. The third kappa shape index (κ3) is 4.63. The lowest BCUT2D eigenvalue weighted by molar-refractivity contribution is -0.118. The Morgan fingerprint density at radius 3 is 2.59 bits per heavy atom. The van der Waals surface area contributed by atoms with Crippen molar-refractivity contribution in [3.8, 4) is 16.3 Å². The summed E-state index contributed by atoms with van der Waals surface area (Å²) in [6.45, 7) is -0.0562. The van der Waals surface area contributed by atoms with E-state index in [0.29, 0.717) is 9.71 Å². The van der Waals surface area contributed by atoms with Gasteiger partial charge < -0.3 is 4.74 Å². The molecule has 1 aliphatic heterocycles. The molecule has 0 atom stereocenters. The smallest absolute Gasteiger partial charge is 0.264 e. The van der Waals surface area contributed by atoms with E-state index >= 15 is 0 Å². The second kappa shape index (κ2) is 8.77. The SMILES string of the molecule is O=C(COc1ccccc1C1SCCS1)Nc1nnc(-c2ccccc2)s1. The standard InChI is InChI=1S/C19H17N3O2S3/c23-16(20-19-22-21-17(27-19)13-6-2-1-3-7-13)12-24-15-9-5-4-8-14(15)18-25-10-11-26-18/h1-9,18H,10-12H2,(H,20,22,23).